The average molecular weight is 743 g/mol. The topological polar surface area (TPSA) is 18.0 Å². The van der Waals surface area contributed by atoms with Gasteiger partial charge in [0, 0.05) is 55.4 Å². The number of nitrogens with zero attached hydrogens (tertiary/aromatic N) is 4. The lowest BCUT2D eigenvalue weighted by atomic mass is 10.0. The molecule has 58 heavy (non-hydrogen) atoms. The first-order valence-electron chi connectivity index (χ1n) is 19.8. The second-order valence-electron chi connectivity index (χ2n) is 14.9. The van der Waals surface area contributed by atoms with Gasteiger partial charge >= 0.3 is 0 Å². The van der Waals surface area contributed by atoms with Gasteiger partial charge in [-0.05, 0) is 91.3 Å². The Kier molecular flexibility index (Phi) is 7.80. The normalized spacial score (nSPS) is 12.1. The van der Waals surface area contributed by atoms with E-state index in [0.717, 1.165) is 61.6 Å². The lowest BCUT2D eigenvalue weighted by Crippen LogP contribution is -2.23. The van der Waals surface area contributed by atoms with Crippen LogP contribution in [0.3, 0.4) is 0 Å². The first kappa shape index (κ1) is 33.6. The second-order valence-corrected chi connectivity index (χ2v) is 14.9. The molecular formula is C54H38N4. The van der Waals surface area contributed by atoms with Crippen LogP contribution in [-0.4, -0.2) is 13.7 Å². The highest BCUT2D eigenvalue weighted by atomic mass is 15.2. The summed E-state index contributed by atoms with van der Waals surface area (Å²) < 4.78 is 7.22. The summed E-state index contributed by atoms with van der Waals surface area (Å²) in [5.41, 5.74) is 13.5. The van der Waals surface area contributed by atoms with Gasteiger partial charge in [-0.3, -0.25) is 0 Å². The largest absolute Gasteiger partial charge is 0.321 e. The maximum Gasteiger partial charge on any atom is 0.120 e. The van der Waals surface area contributed by atoms with Crippen molar-refractivity contribution in [3.8, 4) is 29.4 Å². The Hall–Kier alpha value is -7.74. The van der Waals surface area contributed by atoms with Crippen LogP contribution in [0.2, 0.25) is 0 Å². The van der Waals surface area contributed by atoms with E-state index < -0.39 is 0 Å². The van der Waals surface area contributed by atoms with Gasteiger partial charge in [0.1, 0.15) is 6.04 Å². The molecule has 8 aromatic carbocycles. The third-order valence-corrected chi connectivity index (χ3v) is 11.7. The number of para-hydroxylation sites is 5. The number of aromatic nitrogens is 3. The van der Waals surface area contributed by atoms with Crippen molar-refractivity contribution in [2.75, 3.05) is 4.90 Å². The van der Waals surface area contributed by atoms with E-state index in [1.807, 2.05) is 6.07 Å². The fraction of sp³-hybridized carbons (Fsp3) is 0.0370. The number of benzene rings is 8. The fourth-order valence-electron chi connectivity index (χ4n) is 9.26. The van der Waals surface area contributed by atoms with E-state index in [-0.39, 0.29) is 6.04 Å². The summed E-state index contributed by atoms with van der Waals surface area (Å²) in [5, 5.41) is 5.97. The van der Waals surface area contributed by atoms with Gasteiger partial charge in [-0.15, -0.1) is 6.42 Å². The molecule has 0 amide bonds. The second kappa shape index (κ2) is 13.5. The molecule has 0 saturated carbocycles. The molecule has 3 aromatic heterocycles. The molecule has 0 spiro atoms. The third-order valence-electron chi connectivity index (χ3n) is 11.7. The van der Waals surface area contributed by atoms with Gasteiger partial charge in [0.2, 0.25) is 0 Å². The van der Waals surface area contributed by atoms with Crippen molar-refractivity contribution in [1.82, 2.24) is 13.7 Å². The molecule has 0 radical (unpaired) electrons. The van der Waals surface area contributed by atoms with Crippen LogP contribution in [0, 0.1) is 19.3 Å². The zero-order valence-electron chi connectivity index (χ0n) is 32.0. The molecule has 0 saturated heterocycles. The zero-order chi connectivity index (χ0) is 38.7. The van der Waals surface area contributed by atoms with Crippen molar-refractivity contribution in [1.29, 1.82) is 0 Å². The molecule has 11 aromatic rings. The number of hydrogen-bond acceptors (Lipinski definition) is 1. The average Bonchev–Trinajstić information content (AvgIpc) is 3.89. The summed E-state index contributed by atoms with van der Waals surface area (Å²) in [6.45, 7) is 2.23. The number of hydrogen-bond donors (Lipinski definition) is 0. The molecule has 11 rings (SSSR count). The minimum atomic E-state index is -0.348. The summed E-state index contributed by atoms with van der Waals surface area (Å²) in [4.78, 5) is 2.36. The van der Waals surface area contributed by atoms with Crippen LogP contribution in [0.1, 0.15) is 17.3 Å². The van der Waals surface area contributed by atoms with E-state index >= 15 is 0 Å². The highest BCUT2D eigenvalue weighted by Gasteiger charge is 2.29. The number of terminal acetylenes is 1. The van der Waals surface area contributed by atoms with Gasteiger partial charge in [0.25, 0.3) is 0 Å². The fourth-order valence-corrected chi connectivity index (χ4v) is 9.26. The molecule has 3 heterocycles. The van der Waals surface area contributed by atoms with Crippen molar-refractivity contribution in [2.24, 2.45) is 0 Å². The first-order chi connectivity index (χ1) is 28.7. The van der Waals surface area contributed by atoms with Gasteiger partial charge in [-0.2, -0.15) is 0 Å². The number of rotatable bonds is 7. The van der Waals surface area contributed by atoms with Crippen LogP contribution in [0.4, 0.5) is 11.4 Å². The Morgan fingerprint density at radius 2 is 0.897 bits per heavy atom. The van der Waals surface area contributed by atoms with Crippen LogP contribution in [-0.2, 0) is 0 Å². The molecule has 1 atom stereocenters. The summed E-state index contributed by atoms with van der Waals surface area (Å²) in [6, 6.07) is 71.2. The van der Waals surface area contributed by atoms with Gasteiger partial charge in [0.05, 0.1) is 33.3 Å². The van der Waals surface area contributed by atoms with E-state index in [0.29, 0.717) is 0 Å². The van der Waals surface area contributed by atoms with Crippen molar-refractivity contribution in [3.63, 3.8) is 0 Å². The molecule has 4 heteroatoms. The molecule has 0 aliphatic rings. The lowest BCUT2D eigenvalue weighted by molar-refractivity contribution is 0.872. The Labute approximate surface area is 337 Å². The van der Waals surface area contributed by atoms with E-state index in [9.17, 15) is 0 Å². The standard InChI is InChI=1S/C54H38N4/c1-3-48(38-20-8-4-9-21-38)58(41-26-14-7-15-27-41)54-37(2)55(39-22-10-5-11-23-39)53-36-52-46(35-47(53)54)44-29-17-19-31-50(44)57(52)42-32-33-51-45(34-42)43-28-16-18-30-49(43)56(51)40-24-12-6-13-25-40/h1,4-36,48H,2H3. The van der Waals surface area contributed by atoms with E-state index in [2.05, 4.69) is 226 Å². The van der Waals surface area contributed by atoms with Crippen LogP contribution < -0.4 is 4.90 Å². The van der Waals surface area contributed by atoms with Gasteiger partial charge < -0.3 is 18.6 Å². The minimum Gasteiger partial charge on any atom is -0.321 e. The molecule has 1 unspecified atom stereocenters. The molecule has 4 nitrogen and oxygen atoms in total. The number of anilines is 2. The molecule has 0 aliphatic carbocycles. The van der Waals surface area contributed by atoms with Crippen LogP contribution in [0.5, 0.6) is 0 Å². The summed E-state index contributed by atoms with van der Waals surface area (Å²) in [7, 11) is 0. The Bertz CT molecular complexity index is 3350. The summed E-state index contributed by atoms with van der Waals surface area (Å²) in [6.07, 6.45) is 6.53. The van der Waals surface area contributed by atoms with Crippen LogP contribution in [0.25, 0.3) is 71.6 Å². The maximum atomic E-state index is 6.53. The molecule has 0 bridgehead atoms. The van der Waals surface area contributed by atoms with Crippen molar-refractivity contribution in [3.05, 3.63) is 211 Å². The maximum absolute atomic E-state index is 6.53. The SMILES string of the molecule is C#CC(c1ccccc1)N(c1ccccc1)c1c(C)n(-c2ccccc2)c2cc3c(cc12)c1ccccc1n3-c1ccc2c(c1)c1ccccc1n2-c1ccccc1. The smallest absolute Gasteiger partial charge is 0.120 e. The van der Waals surface area contributed by atoms with E-state index in [4.69, 9.17) is 6.42 Å². The van der Waals surface area contributed by atoms with Crippen LogP contribution >= 0.6 is 0 Å². The molecular weight excluding hydrogens is 705 g/mol. The monoisotopic (exact) mass is 742 g/mol. The van der Waals surface area contributed by atoms with E-state index in [1.165, 1.54) is 32.6 Å². The van der Waals surface area contributed by atoms with Gasteiger partial charge in [-0.25, -0.2) is 0 Å². The molecule has 274 valence electrons. The van der Waals surface area contributed by atoms with E-state index in [1.54, 1.807) is 0 Å². The number of fused-ring (bicyclic) bond motifs is 7. The Morgan fingerprint density at radius 1 is 0.414 bits per heavy atom. The predicted octanol–water partition coefficient (Wildman–Crippen LogP) is 13.6. The Morgan fingerprint density at radius 3 is 1.52 bits per heavy atom. The summed E-state index contributed by atoms with van der Waals surface area (Å²) in [5.74, 6) is 3.20. The van der Waals surface area contributed by atoms with Crippen molar-refractivity contribution < 1.29 is 0 Å². The highest BCUT2D eigenvalue weighted by Crippen LogP contribution is 2.47. The third kappa shape index (κ3) is 5.11. The van der Waals surface area contributed by atoms with Crippen LogP contribution in [0.15, 0.2) is 200 Å². The van der Waals surface area contributed by atoms with Gasteiger partial charge in [0.15, 0.2) is 0 Å². The lowest BCUT2D eigenvalue weighted by Gasteiger charge is -2.31. The highest BCUT2D eigenvalue weighted by molar-refractivity contribution is 6.17. The first-order valence-corrected chi connectivity index (χ1v) is 19.8. The minimum absolute atomic E-state index is 0.348. The molecule has 0 aliphatic heterocycles. The van der Waals surface area contributed by atoms with Crippen molar-refractivity contribution >= 4 is 65.9 Å². The Balaban J connectivity index is 1.23. The molecule has 0 N–H and O–H groups in total. The van der Waals surface area contributed by atoms with Crippen molar-refractivity contribution in [2.45, 2.75) is 13.0 Å². The zero-order valence-corrected chi connectivity index (χ0v) is 32.0. The van der Waals surface area contributed by atoms with Gasteiger partial charge in [-0.1, -0.05) is 127 Å². The predicted molar refractivity (Wildman–Crippen MR) is 243 cm³/mol. The quantitative estimate of drug-likeness (QED) is 0.149. The molecule has 0 fully saturated rings. The summed E-state index contributed by atoms with van der Waals surface area (Å²) >= 11 is 0.